The van der Waals surface area contributed by atoms with Crippen molar-refractivity contribution in [2.24, 2.45) is 10.9 Å². The number of hydrazone groups is 1. The maximum atomic E-state index is 5.20. The van der Waals surface area contributed by atoms with Crippen molar-refractivity contribution in [2.75, 3.05) is 0 Å². The molecule has 0 aromatic heterocycles. The Bertz CT molecular complexity index is 239. The molecule has 0 saturated heterocycles. The van der Waals surface area contributed by atoms with E-state index >= 15 is 0 Å². The van der Waals surface area contributed by atoms with E-state index in [1.165, 1.54) is 0 Å². The Kier molecular flexibility index (Phi) is 2.66. The fourth-order valence-corrected chi connectivity index (χ4v) is 1.00. The lowest BCUT2D eigenvalue weighted by Gasteiger charge is -1.99. The van der Waals surface area contributed by atoms with Gasteiger partial charge in [-0.3, -0.25) is 0 Å². The number of nitrogens with zero attached hydrogens (tertiary/aromatic N) is 1. The zero-order chi connectivity index (χ0) is 8.10. The van der Waals surface area contributed by atoms with Gasteiger partial charge in [-0.15, -0.1) is 0 Å². The zero-order valence-corrected chi connectivity index (χ0v) is 6.62. The maximum absolute atomic E-state index is 5.20. The third-order valence-corrected chi connectivity index (χ3v) is 1.60. The van der Waals surface area contributed by atoms with Gasteiger partial charge in [-0.05, 0) is 12.0 Å². The largest absolute Gasteiger partial charge is 0.323 e. The zero-order valence-electron chi connectivity index (χ0n) is 6.62. The van der Waals surface area contributed by atoms with Gasteiger partial charge in [0.25, 0.3) is 0 Å². The van der Waals surface area contributed by atoms with E-state index in [0.717, 1.165) is 17.7 Å². The van der Waals surface area contributed by atoms with Crippen LogP contribution in [0.4, 0.5) is 0 Å². The minimum absolute atomic E-state index is 0.876. The first-order valence-electron chi connectivity index (χ1n) is 3.70. The second kappa shape index (κ2) is 3.76. The van der Waals surface area contributed by atoms with Gasteiger partial charge in [0.1, 0.15) is 0 Å². The summed E-state index contributed by atoms with van der Waals surface area (Å²) in [5, 5.41) is 3.69. The van der Waals surface area contributed by atoms with Crippen LogP contribution in [-0.2, 0) is 0 Å². The monoisotopic (exact) mass is 148 g/mol. The van der Waals surface area contributed by atoms with Crippen LogP contribution in [0.25, 0.3) is 0 Å². The van der Waals surface area contributed by atoms with Crippen LogP contribution in [0, 0.1) is 0 Å². The van der Waals surface area contributed by atoms with Crippen LogP contribution in [0.15, 0.2) is 35.4 Å². The third-order valence-electron chi connectivity index (χ3n) is 1.60. The van der Waals surface area contributed by atoms with Crippen molar-refractivity contribution in [1.29, 1.82) is 0 Å². The molecule has 0 spiro atoms. The third kappa shape index (κ3) is 1.80. The molecular formula is C9H12N2. The second-order valence-electron chi connectivity index (χ2n) is 2.30. The molecule has 2 N–H and O–H groups in total. The SMILES string of the molecule is CC/C(=N/N)c1ccccc1. The van der Waals surface area contributed by atoms with Crippen LogP contribution in [0.1, 0.15) is 18.9 Å². The Morgan fingerprint density at radius 2 is 2.00 bits per heavy atom. The molecule has 0 fully saturated rings. The number of hydrogen-bond donors (Lipinski definition) is 1. The number of rotatable bonds is 2. The van der Waals surface area contributed by atoms with Gasteiger partial charge in [-0.25, -0.2) is 0 Å². The minimum Gasteiger partial charge on any atom is -0.323 e. The highest BCUT2D eigenvalue weighted by atomic mass is 15.1. The fraction of sp³-hybridized carbons (Fsp3) is 0.222. The van der Waals surface area contributed by atoms with Crippen LogP contribution in [-0.4, -0.2) is 5.71 Å². The van der Waals surface area contributed by atoms with Gasteiger partial charge >= 0.3 is 0 Å². The summed E-state index contributed by atoms with van der Waals surface area (Å²) in [6, 6.07) is 9.96. The van der Waals surface area contributed by atoms with Crippen LogP contribution in [0.2, 0.25) is 0 Å². The molecule has 0 aliphatic heterocycles. The fourth-order valence-electron chi connectivity index (χ4n) is 1.00. The van der Waals surface area contributed by atoms with Crippen LogP contribution in [0.3, 0.4) is 0 Å². The summed E-state index contributed by atoms with van der Waals surface area (Å²) in [6.07, 6.45) is 0.876. The molecule has 1 aromatic carbocycles. The second-order valence-corrected chi connectivity index (χ2v) is 2.30. The Balaban J connectivity index is 2.92. The Hall–Kier alpha value is -1.31. The lowest BCUT2D eigenvalue weighted by Crippen LogP contribution is -2.01. The molecule has 11 heavy (non-hydrogen) atoms. The van der Waals surface area contributed by atoms with Gasteiger partial charge in [0.15, 0.2) is 0 Å². The molecule has 0 atom stereocenters. The van der Waals surface area contributed by atoms with Crippen molar-refractivity contribution in [3.8, 4) is 0 Å². The number of benzene rings is 1. The summed E-state index contributed by atoms with van der Waals surface area (Å²) in [5.74, 6) is 5.20. The summed E-state index contributed by atoms with van der Waals surface area (Å²) >= 11 is 0. The quantitative estimate of drug-likeness (QED) is 0.387. The Labute approximate surface area is 66.7 Å². The first kappa shape index (κ1) is 7.79. The average Bonchev–Trinajstić information content (AvgIpc) is 2.09. The lowest BCUT2D eigenvalue weighted by atomic mass is 10.1. The molecule has 0 radical (unpaired) electrons. The van der Waals surface area contributed by atoms with Crippen molar-refractivity contribution >= 4 is 5.71 Å². The molecule has 0 heterocycles. The van der Waals surface area contributed by atoms with E-state index in [1.807, 2.05) is 37.3 Å². The van der Waals surface area contributed by atoms with E-state index in [2.05, 4.69) is 5.10 Å². The van der Waals surface area contributed by atoms with Crippen LogP contribution >= 0.6 is 0 Å². The highest BCUT2D eigenvalue weighted by molar-refractivity contribution is 6.00. The van der Waals surface area contributed by atoms with Crippen molar-refractivity contribution in [3.63, 3.8) is 0 Å². The van der Waals surface area contributed by atoms with Gasteiger partial charge < -0.3 is 5.84 Å². The van der Waals surface area contributed by atoms with E-state index in [4.69, 9.17) is 5.84 Å². The van der Waals surface area contributed by atoms with Gasteiger partial charge in [0.2, 0.25) is 0 Å². The predicted molar refractivity (Wildman–Crippen MR) is 47.5 cm³/mol. The van der Waals surface area contributed by atoms with Gasteiger partial charge in [0.05, 0.1) is 5.71 Å². The molecule has 0 aliphatic rings. The smallest absolute Gasteiger partial charge is 0.0669 e. The Morgan fingerprint density at radius 3 is 2.45 bits per heavy atom. The predicted octanol–water partition coefficient (Wildman–Crippen LogP) is 1.76. The molecule has 1 aromatic rings. The molecule has 58 valence electrons. The lowest BCUT2D eigenvalue weighted by molar-refractivity contribution is 1.17. The first-order valence-corrected chi connectivity index (χ1v) is 3.70. The summed E-state index contributed by atoms with van der Waals surface area (Å²) in [5.41, 5.74) is 2.06. The highest BCUT2D eigenvalue weighted by Crippen LogP contribution is 2.02. The van der Waals surface area contributed by atoms with Crippen molar-refractivity contribution in [2.45, 2.75) is 13.3 Å². The van der Waals surface area contributed by atoms with E-state index in [-0.39, 0.29) is 0 Å². The van der Waals surface area contributed by atoms with Crippen LogP contribution in [0.5, 0.6) is 0 Å². The molecule has 0 amide bonds. The van der Waals surface area contributed by atoms with E-state index in [9.17, 15) is 0 Å². The molecule has 0 saturated carbocycles. The molecule has 2 heteroatoms. The molecule has 0 unspecified atom stereocenters. The number of nitrogens with two attached hydrogens (primary N) is 1. The van der Waals surface area contributed by atoms with Crippen molar-refractivity contribution in [1.82, 2.24) is 0 Å². The van der Waals surface area contributed by atoms with Crippen molar-refractivity contribution < 1.29 is 0 Å². The highest BCUT2D eigenvalue weighted by Gasteiger charge is 1.96. The van der Waals surface area contributed by atoms with Crippen LogP contribution < -0.4 is 5.84 Å². The standard InChI is InChI=1S/C9H12N2/c1-2-9(11-10)8-6-4-3-5-7-8/h3-7H,2,10H2,1H3/b11-9-. The summed E-state index contributed by atoms with van der Waals surface area (Å²) in [7, 11) is 0. The van der Waals surface area contributed by atoms with E-state index in [1.54, 1.807) is 0 Å². The van der Waals surface area contributed by atoms with Gasteiger partial charge in [-0.1, -0.05) is 37.3 Å². The van der Waals surface area contributed by atoms with E-state index < -0.39 is 0 Å². The normalized spacial score (nSPS) is 11.5. The molecule has 0 aliphatic carbocycles. The topological polar surface area (TPSA) is 38.4 Å². The summed E-state index contributed by atoms with van der Waals surface area (Å²) in [6.45, 7) is 2.04. The summed E-state index contributed by atoms with van der Waals surface area (Å²) < 4.78 is 0. The molecule has 0 bridgehead atoms. The van der Waals surface area contributed by atoms with E-state index in [0.29, 0.717) is 0 Å². The first-order chi connectivity index (χ1) is 5.38. The molecule has 2 nitrogen and oxygen atoms in total. The summed E-state index contributed by atoms with van der Waals surface area (Å²) in [4.78, 5) is 0. The molecule has 1 rings (SSSR count). The number of hydrogen-bond acceptors (Lipinski definition) is 2. The Morgan fingerprint density at radius 1 is 1.36 bits per heavy atom. The minimum atomic E-state index is 0.876. The average molecular weight is 148 g/mol. The molecular weight excluding hydrogens is 136 g/mol. The van der Waals surface area contributed by atoms with Gasteiger partial charge in [-0.2, -0.15) is 5.10 Å². The van der Waals surface area contributed by atoms with Gasteiger partial charge in [0, 0.05) is 0 Å². The maximum Gasteiger partial charge on any atom is 0.0669 e. The van der Waals surface area contributed by atoms with Crippen molar-refractivity contribution in [3.05, 3.63) is 35.9 Å².